The first-order chi connectivity index (χ1) is 13.0. The molecule has 144 valence electrons. The maximum atomic E-state index is 12.6. The zero-order valence-corrected chi connectivity index (χ0v) is 16.0. The van der Waals surface area contributed by atoms with Crippen LogP contribution in [-0.2, 0) is 20.6 Å². The van der Waals surface area contributed by atoms with Gasteiger partial charge in [0.1, 0.15) is 12.4 Å². The summed E-state index contributed by atoms with van der Waals surface area (Å²) >= 11 is 0. The van der Waals surface area contributed by atoms with Crippen LogP contribution in [0.4, 0.5) is 0 Å². The van der Waals surface area contributed by atoms with Crippen LogP contribution in [0.2, 0.25) is 0 Å². The van der Waals surface area contributed by atoms with Crippen LogP contribution in [0, 0.1) is 0 Å². The summed E-state index contributed by atoms with van der Waals surface area (Å²) in [5, 5.41) is 0. The lowest BCUT2D eigenvalue weighted by Gasteiger charge is -2.17. The van der Waals surface area contributed by atoms with Gasteiger partial charge in [0.25, 0.3) is 5.56 Å². The van der Waals surface area contributed by atoms with E-state index < -0.39 is 0 Å². The van der Waals surface area contributed by atoms with Gasteiger partial charge >= 0.3 is 5.69 Å². The highest BCUT2D eigenvalue weighted by molar-refractivity contribution is 5.69. The molecule has 0 aliphatic rings. The largest absolute Gasteiger partial charge is 0.492 e. The molecular formula is C19H25N5O3. The van der Waals surface area contributed by atoms with Gasteiger partial charge in [-0.1, -0.05) is 18.2 Å². The molecule has 27 heavy (non-hydrogen) atoms. The summed E-state index contributed by atoms with van der Waals surface area (Å²) in [6.07, 6.45) is 2.25. The zero-order valence-electron chi connectivity index (χ0n) is 16.0. The van der Waals surface area contributed by atoms with Crippen LogP contribution in [0.5, 0.6) is 5.75 Å². The molecule has 0 saturated heterocycles. The van der Waals surface area contributed by atoms with E-state index in [9.17, 15) is 9.59 Å². The van der Waals surface area contributed by atoms with Crippen LogP contribution >= 0.6 is 0 Å². The smallest absolute Gasteiger partial charge is 0.332 e. The minimum absolute atomic E-state index is 0.289. The van der Waals surface area contributed by atoms with Gasteiger partial charge in [0, 0.05) is 27.2 Å². The van der Waals surface area contributed by atoms with Gasteiger partial charge in [0.05, 0.1) is 6.33 Å². The summed E-state index contributed by atoms with van der Waals surface area (Å²) in [5.41, 5.74) is 0.241. The minimum Gasteiger partial charge on any atom is -0.492 e. The molecular weight excluding hydrogens is 346 g/mol. The quantitative estimate of drug-likeness (QED) is 0.587. The fraction of sp³-hybridized carbons (Fsp3) is 0.421. The molecule has 0 amide bonds. The van der Waals surface area contributed by atoms with E-state index in [1.807, 2.05) is 37.4 Å². The molecule has 0 spiro atoms. The van der Waals surface area contributed by atoms with Crippen molar-refractivity contribution in [3.63, 3.8) is 0 Å². The van der Waals surface area contributed by atoms with Gasteiger partial charge in [-0.05, 0) is 32.1 Å². The summed E-state index contributed by atoms with van der Waals surface area (Å²) in [6, 6.07) is 9.69. The van der Waals surface area contributed by atoms with Crippen LogP contribution < -0.4 is 16.0 Å². The number of benzene rings is 1. The highest BCUT2D eigenvalue weighted by Gasteiger charge is 2.14. The number of nitrogens with zero attached hydrogens (tertiary/aromatic N) is 5. The van der Waals surface area contributed by atoms with Gasteiger partial charge in [-0.3, -0.25) is 13.9 Å². The Bertz CT molecular complexity index is 1020. The molecule has 0 radical (unpaired) electrons. The normalized spacial score (nSPS) is 11.4. The van der Waals surface area contributed by atoms with Crippen molar-refractivity contribution in [1.82, 2.24) is 23.6 Å². The predicted molar refractivity (Wildman–Crippen MR) is 104 cm³/mol. The van der Waals surface area contributed by atoms with Crippen LogP contribution in [0.1, 0.15) is 6.42 Å². The number of ether oxygens (including phenoxy) is 1. The molecule has 0 aliphatic heterocycles. The summed E-state index contributed by atoms with van der Waals surface area (Å²) < 4.78 is 10.1. The van der Waals surface area contributed by atoms with E-state index in [-0.39, 0.29) is 11.2 Å². The van der Waals surface area contributed by atoms with E-state index in [2.05, 4.69) is 9.88 Å². The van der Waals surface area contributed by atoms with E-state index in [0.717, 1.165) is 18.8 Å². The molecule has 0 bridgehead atoms. The molecule has 2 aromatic heterocycles. The number of fused-ring (bicyclic) bond motifs is 1. The Morgan fingerprint density at radius 3 is 2.59 bits per heavy atom. The summed E-state index contributed by atoms with van der Waals surface area (Å²) in [7, 11) is 5.40. The fourth-order valence-electron chi connectivity index (χ4n) is 3.04. The van der Waals surface area contributed by atoms with Gasteiger partial charge in [-0.25, -0.2) is 9.78 Å². The molecule has 0 aliphatic carbocycles. The summed E-state index contributed by atoms with van der Waals surface area (Å²) in [4.78, 5) is 31.4. The summed E-state index contributed by atoms with van der Waals surface area (Å²) in [5.74, 6) is 0.852. The summed E-state index contributed by atoms with van der Waals surface area (Å²) in [6.45, 7) is 2.49. The maximum Gasteiger partial charge on any atom is 0.332 e. The second-order valence-corrected chi connectivity index (χ2v) is 6.64. The highest BCUT2D eigenvalue weighted by atomic mass is 16.5. The van der Waals surface area contributed by atoms with Crippen LogP contribution in [0.15, 0.2) is 46.2 Å². The first-order valence-corrected chi connectivity index (χ1v) is 8.96. The molecule has 0 atom stereocenters. The standard InChI is InChI=1S/C19H25N5O3/c1-21(12-13-27-15-8-5-4-6-9-15)10-7-11-24-18(25)16-17(20-14-22(16)2)23(3)19(24)26/h4-6,8-9,14H,7,10-13H2,1-3H3. The van der Waals surface area contributed by atoms with E-state index in [0.29, 0.717) is 30.7 Å². The number of hydrogen-bond acceptors (Lipinski definition) is 5. The number of aromatic nitrogens is 4. The number of likely N-dealkylation sites (N-methyl/N-ethyl adjacent to an activating group) is 1. The van der Waals surface area contributed by atoms with Crippen molar-refractivity contribution in [2.24, 2.45) is 14.1 Å². The first-order valence-electron chi connectivity index (χ1n) is 8.96. The first kappa shape index (κ1) is 18.9. The zero-order chi connectivity index (χ0) is 19.4. The lowest BCUT2D eigenvalue weighted by Crippen LogP contribution is -2.40. The van der Waals surface area contributed by atoms with Crippen molar-refractivity contribution in [1.29, 1.82) is 0 Å². The number of para-hydroxylation sites is 1. The molecule has 3 rings (SSSR count). The lowest BCUT2D eigenvalue weighted by atomic mass is 10.3. The molecule has 1 aromatic carbocycles. The van der Waals surface area contributed by atoms with Crippen LogP contribution in [-0.4, -0.2) is 50.3 Å². The second-order valence-electron chi connectivity index (χ2n) is 6.64. The molecule has 0 unspecified atom stereocenters. The number of rotatable bonds is 8. The van der Waals surface area contributed by atoms with E-state index >= 15 is 0 Å². The Hall–Kier alpha value is -2.87. The molecule has 3 aromatic rings. The Morgan fingerprint density at radius 2 is 1.85 bits per heavy atom. The third-order valence-electron chi connectivity index (χ3n) is 4.61. The topological polar surface area (TPSA) is 74.3 Å². The molecule has 0 fully saturated rings. The average molecular weight is 371 g/mol. The fourth-order valence-corrected chi connectivity index (χ4v) is 3.04. The Labute approximate surface area is 157 Å². The molecule has 2 heterocycles. The van der Waals surface area contributed by atoms with Crippen LogP contribution in [0.25, 0.3) is 11.2 Å². The third kappa shape index (κ3) is 4.11. The van der Waals surface area contributed by atoms with Crippen molar-refractivity contribution < 1.29 is 4.74 Å². The SMILES string of the molecule is CN(CCCn1c(=O)c2c(ncn2C)n(C)c1=O)CCOc1ccccc1. The molecule has 8 nitrogen and oxygen atoms in total. The monoisotopic (exact) mass is 371 g/mol. The number of imidazole rings is 1. The van der Waals surface area contributed by atoms with Gasteiger partial charge in [0.2, 0.25) is 0 Å². The van der Waals surface area contributed by atoms with Crippen molar-refractivity contribution in [2.75, 3.05) is 26.7 Å². The Kier molecular flexibility index (Phi) is 5.75. The number of hydrogen-bond donors (Lipinski definition) is 0. The lowest BCUT2D eigenvalue weighted by molar-refractivity contribution is 0.233. The Morgan fingerprint density at radius 1 is 1.11 bits per heavy atom. The Balaban J connectivity index is 1.56. The van der Waals surface area contributed by atoms with Crippen LogP contribution in [0.3, 0.4) is 0 Å². The predicted octanol–water partition coefficient (Wildman–Crippen LogP) is 0.835. The van der Waals surface area contributed by atoms with Crippen molar-refractivity contribution in [3.8, 4) is 5.75 Å². The van der Waals surface area contributed by atoms with Crippen molar-refractivity contribution in [2.45, 2.75) is 13.0 Å². The number of aryl methyl sites for hydroxylation is 2. The van der Waals surface area contributed by atoms with E-state index in [1.54, 1.807) is 25.0 Å². The molecule has 0 N–H and O–H groups in total. The van der Waals surface area contributed by atoms with Gasteiger partial charge < -0.3 is 14.2 Å². The third-order valence-corrected chi connectivity index (χ3v) is 4.61. The van der Waals surface area contributed by atoms with Gasteiger partial charge in [0.15, 0.2) is 11.2 Å². The highest BCUT2D eigenvalue weighted by Crippen LogP contribution is 2.08. The van der Waals surface area contributed by atoms with Crippen molar-refractivity contribution in [3.05, 3.63) is 57.5 Å². The second kappa shape index (κ2) is 8.22. The van der Waals surface area contributed by atoms with Crippen molar-refractivity contribution >= 4 is 11.2 Å². The maximum absolute atomic E-state index is 12.6. The van der Waals surface area contributed by atoms with E-state index in [1.165, 1.54) is 9.13 Å². The van der Waals surface area contributed by atoms with Gasteiger partial charge in [-0.2, -0.15) is 0 Å². The average Bonchev–Trinajstić information content (AvgIpc) is 3.05. The van der Waals surface area contributed by atoms with E-state index in [4.69, 9.17) is 4.74 Å². The minimum atomic E-state index is -0.332. The molecule has 8 heteroatoms. The van der Waals surface area contributed by atoms with Gasteiger partial charge in [-0.15, -0.1) is 0 Å². The molecule has 0 saturated carbocycles.